The van der Waals surface area contributed by atoms with Gasteiger partial charge in [0, 0.05) is 29.3 Å². The molecule has 0 saturated heterocycles. The van der Waals surface area contributed by atoms with Gasteiger partial charge >= 0.3 is 5.97 Å². The average Bonchev–Trinajstić information content (AvgIpc) is 2.94. The van der Waals surface area contributed by atoms with Gasteiger partial charge in [-0.3, -0.25) is 9.55 Å². The first-order valence-electron chi connectivity index (χ1n) is 6.87. The molecule has 22 heavy (non-hydrogen) atoms. The van der Waals surface area contributed by atoms with Crippen LogP contribution in [0, 0.1) is 13.8 Å². The van der Waals surface area contributed by atoms with E-state index in [1.165, 1.54) is 6.20 Å². The number of carboxylic acids is 1. The van der Waals surface area contributed by atoms with Gasteiger partial charge < -0.3 is 5.11 Å². The van der Waals surface area contributed by atoms with E-state index in [0.717, 1.165) is 22.5 Å². The zero-order valence-corrected chi connectivity index (χ0v) is 12.3. The van der Waals surface area contributed by atoms with Crippen LogP contribution in [-0.2, 0) is 0 Å². The number of aromatic carboxylic acids is 1. The van der Waals surface area contributed by atoms with Gasteiger partial charge in [0.05, 0.1) is 0 Å². The molecule has 5 nitrogen and oxygen atoms in total. The lowest BCUT2D eigenvalue weighted by Gasteiger charge is -2.08. The number of hydrogen-bond acceptors (Lipinski definition) is 3. The second-order valence-electron chi connectivity index (χ2n) is 5.15. The number of aromatic nitrogens is 3. The Balaban J connectivity index is 2.17. The lowest BCUT2D eigenvalue weighted by molar-refractivity contribution is 0.0691. The van der Waals surface area contributed by atoms with Crippen LogP contribution in [0.5, 0.6) is 0 Å². The first-order valence-corrected chi connectivity index (χ1v) is 6.87. The third kappa shape index (κ3) is 2.61. The lowest BCUT2D eigenvalue weighted by Crippen LogP contribution is -1.96. The molecule has 0 bridgehead atoms. The van der Waals surface area contributed by atoms with Crippen LogP contribution in [-0.4, -0.2) is 25.6 Å². The summed E-state index contributed by atoms with van der Waals surface area (Å²) in [5.41, 5.74) is 3.69. The Kier molecular flexibility index (Phi) is 3.47. The van der Waals surface area contributed by atoms with Crippen molar-refractivity contribution in [1.29, 1.82) is 0 Å². The predicted molar refractivity (Wildman–Crippen MR) is 83.2 cm³/mol. The van der Waals surface area contributed by atoms with Crippen molar-refractivity contribution in [1.82, 2.24) is 14.5 Å². The average molecular weight is 293 g/mol. The zero-order valence-electron chi connectivity index (χ0n) is 12.3. The van der Waals surface area contributed by atoms with Crippen molar-refractivity contribution in [2.24, 2.45) is 0 Å². The fraction of sp³-hybridized carbons (Fsp3) is 0.118. The van der Waals surface area contributed by atoms with Crippen LogP contribution < -0.4 is 0 Å². The molecule has 0 aliphatic heterocycles. The Bertz CT molecular complexity index is 755. The molecule has 0 amide bonds. The topological polar surface area (TPSA) is 68.0 Å². The van der Waals surface area contributed by atoms with Gasteiger partial charge in [-0.1, -0.05) is 17.7 Å². The highest BCUT2D eigenvalue weighted by Gasteiger charge is 2.16. The maximum Gasteiger partial charge on any atom is 0.356 e. The smallest absolute Gasteiger partial charge is 0.356 e. The molecule has 0 unspecified atom stereocenters. The molecule has 1 N–H and O–H groups in total. The standard InChI is InChI=1S/C17H15N3O2/c1-11-3-7-14(8-4-11)20-10-15(17(21)22)19-16(20)13-6-5-12(2)18-9-13/h3-10H,1-2H3,(H,21,22). The minimum absolute atomic E-state index is 0.0103. The van der Waals surface area contributed by atoms with Gasteiger partial charge in [-0.05, 0) is 38.1 Å². The van der Waals surface area contributed by atoms with Crippen LogP contribution in [0.1, 0.15) is 21.7 Å². The van der Waals surface area contributed by atoms with E-state index in [1.54, 1.807) is 10.8 Å². The number of pyridine rings is 1. The number of imidazole rings is 1. The summed E-state index contributed by atoms with van der Waals surface area (Å²) in [4.78, 5) is 19.7. The normalized spacial score (nSPS) is 10.6. The summed E-state index contributed by atoms with van der Waals surface area (Å²) in [5, 5.41) is 9.21. The molecule has 2 heterocycles. The Morgan fingerprint density at radius 2 is 1.82 bits per heavy atom. The molecule has 0 aliphatic rings. The van der Waals surface area contributed by atoms with E-state index < -0.39 is 5.97 Å². The largest absolute Gasteiger partial charge is 0.476 e. The molecule has 0 radical (unpaired) electrons. The van der Waals surface area contributed by atoms with Gasteiger partial charge in [-0.25, -0.2) is 9.78 Å². The lowest BCUT2D eigenvalue weighted by atomic mass is 10.2. The summed E-state index contributed by atoms with van der Waals surface area (Å²) in [6.07, 6.45) is 3.23. The summed E-state index contributed by atoms with van der Waals surface area (Å²) in [6.45, 7) is 3.91. The van der Waals surface area contributed by atoms with Crippen molar-refractivity contribution in [2.45, 2.75) is 13.8 Å². The Morgan fingerprint density at radius 3 is 2.41 bits per heavy atom. The molecule has 5 heteroatoms. The van der Waals surface area contributed by atoms with E-state index in [4.69, 9.17) is 0 Å². The SMILES string of the molecule is Cc1ccc(-n2cc(C(=O)O)nc2-c2ccc(C)nc2)cc1. The van der Waals surface area contributed by atoms with E-state index in [1.807, 2.05) is 50.2 Å². The number of benzene rings is 1. The maximum atomic E-state index is 11.2. The molecule has 0 aliphatic carbocycles. The van der Waals surface area contributed by atoms with Crippen LogP contribution in [0.25, 0.3) is 17.1 Å². The van der Waals surface area contributed by atoms with Gasteiger partial charge in [0.1, 0.15) is 5.82 Å². The number of nitrogens with zero attached hydrogens (tertiary/aromatic N) is 3. The third-order valence-corrected chi connectivity index (χ3v) is 3.41. The van der Waals surface area contributed by atoms with Gasteiger partial charge in [0.2, 0.25) is 0 Å². The van der Waals surface area contributed by atoms with Crippen molar-refractivity contribution < 1.29 is 9.90 Å². The van der Waals surface area contributed by atoms with Crippen LogP contribution in [0.15, 0.2) is 48.8 Å². The molecule has 3 aromatic rings. The third-order valence-electron chi connectivity index (χ3n) is 3.41. The first kappa shape index (κ1) is 14.0. The van der Waals surface area contributed by atoms with Crippen molar-refractivity contribution >= 4 is 5.97 Å². The fourth-order valence-corrected chi connectivity index (χ4v) is 2.19. The highest BCUT2D eigenvalue weighted by atomic mass is 16.4. The van der Waals surface area contributed by atoms with E-state index in [9.17, 15) is 9.90 Å². The van der Waals surface area contributed by atoms with Crippen molar-refractivity contribution in [3.8, 4) is 17.1 Å². The molecule has 2 aromatic heterocycles. The summed E-state index contributed by atoms with van der Waals surface area (Å²) in [7, 11) is 0. The summed E-state index contributed by atoms with van der Waals surface area (Å²) >= 11 is 0. The van der Waals surface area contributed by atoms with Crippen LogP contribution >= 0.6 is 0 Å². The van der Waals surface area contributed by atoms with E-state index >= 15 is 0 Å². The molecule has 0 spiro atoms. The van der Waals surface area contributed by atoms with Crippen molar-refractivity contribution in [2.75, 3.05) is 0 Å². The van der Waals surface area contributed by atoms with Crippen molar-refractivity contribution in [3.05, 3.63) is 65.7 Å². The molecular formula is C17H15N3O2. The van der Waals surface area contributed by atoms with Gasteiger partial charge in [-0.15, -0.1) is 0 Å². The highest BCUT2D eigenvalue weighted by Crippen LogP contribution is 2.23. The zero-order chi connectivity index (χ0) is 15.7. The fourth-order valence-electron chi connectivity index (χ4n) is 2.19. The number of carbonyl (C=O) groups is 1. The van der Waals surface area contributed by atoms with Crippen LogP contribution in [0.2, 0.25) is 0 Å². The molecule has 110 valence electrons. The minimum Gasteiger partial charge on any atom is -0.476 e. The summed E-state index contributed by atoms with van der Waals surface area (Å²) < 4.78 is 1.77. The predicted octanol–water partition coefficient (Wildman–Crippen LogP) is 3.25. The first-order chi connectivity index (χ1) is 10.5. The molecule has 1 aromatic carbocycles. The Morgan fingerprint density at radius 1 is 1.09 bits per heavy atom. The highest BCUT2D eigenvalue weighted by molar-refractivity contribution is 5.86. The van der Waals surface area contributed by atoms with Crippen molar-refractivity contribution in [3.63, 3.8) is 0 Å². The number of rotatable bonds is 3. The van der Waals surface area contributed by atoms with Gasteiger partial charge in [0.15, 0.2) is 5.69 Å². The Hall–Kier alpha value is -2.95. The van der Waals surface area contributed by atoms with Crippen LogP contribution in [0.3, 0.4) is 0 Å². The number of aryl methyl sites for hydroxylation is 2. The quantitative estimate of drug-likeness (QED) is 0.805. The van der Waals surface area contributed by atoms with E-state index in [-0.39, 0.29) is 5.69 Å². The summed E-state index contributed by atoms with van der Waals surface area (Å²) in [6, 6.07) is 11.6. The Labute approximate surface area is 127 Å². The second-order valence-corrected chi connectivity index (χ2v) is 5.15. The van der Waals surface area contributed by atoms with Crippen LogP contribution in [0.4, 0.5) is 0 Å². The molecule has 0 fully saturated rings. The van der Waals surface area contributed by atoms with Gasteiger partial charge in [0.25, 0.3) is 0 Å². The van der Waals surface area contributed by atoms with E-state index in [0.29, 0.717) is 5.82 Å². The summed E-state index contributed by atoms with van der Waals surface area (Å²) in [5.74, 6) is -0.485. The minimum atomic E-state index is -1.05. The monoisotopic (exact) mass is 293 g/mol. The number of hydrogen-bond donors (Lipinski definition) is 1. The maximum absolute atomic E-state index is 11.2. The number of carboxylic acid groups (broad SMARTS) is 1. The molecule has 0 atom stereocenters. The second kappa shape index (κ2) is 5.44. The molecule has 3 rings (SSSR count). The van der Waals surface area contributed by atoms with E-state index in [2.05, 4.69) is 9.97 Å². The molecular weight excluding hydrogens is 278 g/mol. The molecule has 0 saturated carbocycles. The van der Waals surface area contributed by atoms with Gasteiger partial charge in [-0.2, -0.15) is 0 Å².